The number of aryl methyl sites for hydroxylation is 1. The van der Waals surface area contributed by atoms with Crippen molar-refractivity contribution in [3.8, 4) is 0 Å². The number of likely N-dealkylation sites (N-methyl/N-ethyl adjacent to an activating group) is 1. The molecule has 1 amide bonds. The van der Waals surface area contributed by atoms with Gasteiger partial charge in [-0.3, -0.25) is 19.6 Å². The molecule has 1 N–H and O–H groups in total. The van der Waals surface area contributed by atoms with Gasteiger partial charge in [0.2, 0.25) is 5.91 Å². The SMILES string of the molecule is Cc1cc(Nc2cnn(CC(=O)N(C)C)c2)ncc1[N+](=O)[O-]. The molecule has 2 aromatic heterocycles. The fraction of sp³-hybridized carbons (Fsp3) is 0.308. The summed E-state index contributed by atoms with van der Waals surface area (Å²) in [5.74, 6) is 0.403. The molecule has 0 saturated heterocycles. The van der Waals surface area contributed by atoms with E-state index in [1.807, 2.05) is 0 Å². The van der Waals surface area contributed by atoms with Crippen LogP contribution in [0.3, 0.4) is 0 Å². The molecular weight excluding hydrogens is 288 g/mol. The lowest BCUT2D eigenvalue weighted by Crippen LogP contribution is -2.26. The third-order valence-electron chi connectivity index (χ3n) is 2.98. The zero-order chi connectivity index (χ0) is 16.3. The average molecular weight is 304 g/mol. The number of nitrogens with zero attached hydrogens (tertiary/aromatic N) is 5. The number of carbonyl (C=O) groups excluding carboxylic acids is 1. The summed E-state index contributed by atoms with van der Waals surface area (Å²) in [6.07, 6.45) is 4.43. The summed E-state index contributed by atoms with van der Waals surface area (Å²) >= 11 is 0. The minimum atomic E-state index is -0.475. The molecule has 0 fully saturated rings. The molecule has 9 nitrogen and oxygen atoms in total. The van der Waals surface area contributed by atoms with Crippen LogP contribution in [0, 0.1) is 17.0 Å². The molecule has 0 aliphatic carbocycles. The number of carbonyl (C=O) groups is 1. The fourth-order valence-electron chi connectivity index (χ4n) is 1.75. The Balaban J connectivity index is 2.08. The first kappa shape index (κ1) is 15.4. The van der Waals surface area contributed by atoms with Crippen molar-refractivity contribution in [2.24, 2.45) is 0 Å². The number of nitrogens with one attached hydrogen (secondary N) is 1. The van der Waals surface area contributed by atoms with Crippen molar-refractivity contribution in [1.82, 2.24) is 19.7 Å². The van der Waals surface area contributed by atoms with Crippen LogP contribution >= 0.6 is 0 Å². The minimum absolute atomic E-state index is 0.0298. The van der Waals surface area contributed by atoms with E-state index in [0.29, 0.717) is 17.1 Å². The Labute approximate surface area is 126 Å². The van der Waals surface area contributed by atoms with Crippen molar-refractivity contribution < 1.29 is 9.72 Å². The maximum atomic E-state index is 11.6. The largest absolute Gasteiger partial charge is 0.347 e. The summed E-state index contributed by atoms with van der Waals surface area (Å²) in [7, 11) is 3.35. The lowest BCUT2D eigenvalue weighted by atomic mass is 10.2. The zero-order valence-corrected chi connectivity index (χ0v) is 12.5. The summed E-state index contributed by atoms with van der Waals surface area (Å²) in [4.78, 5) is 27.3. The molecule has 2 heterocycles. The molecule has 9 heteroatoms. The topological polar surface area (TPSA) is 106 Å². The van der Waals surface area contributed by atoms with Crippen molar-refractivity contribution in [2.45, 2.75) is 13.5 Å². The molecule has 0 radical (unpaired) electrons. The van der Waals surface area contributed by atoms with Crippen molar-refractivity contribution in [2.75, 3.05) is 19.4 Å². The predicted octanol–water partition coefficient (Wildman–Crippen LogP) is 1.33. The van der Waals surface area contributed by atoms with Crippen LogP contribution in [0.5, 0.6) is 0 Å². The van der Waals surface area contributed by atoms with Gasteiger partial charge in [-0.1, -0.05) is 0 Å². The van der Waals surface area contributed by atoms with Crippen LogP contribution in [-0.2, 0) is 11.3 Å². The van der Waals surface area contributed by atoms with Gasteiger partial charge in [0.05, 0.1) is 16.8 Å². The van der Waals surface area contributed by atoms with Crippen LogP contribution in [0.1, 0.15) is 5.56 Å². The third-order valence-corrected chi connectivity index (χ3v) is 2.98. The summed E-state index contributed by atoms with van der Waals surface area (Å²) in [6, 6.07) is 1.58. The molecule has 0 bridgehead atoms. The molecule has 0 aliphatic rings. The van der Waals surface area contributed by atoms with Gasteiger partial charge in [-0.15, -0.1) is 0 Å². The van der Waals surface area contributed by atoms with Gasteiger partial charge in [-0.25, -0.2) is 4.98 Å². The summed E-state index contributed by atoms with van der Waals surface area (Å²) in [5, 5.41) is 17.8. The second-order valence-electron chi connectivity index (χ2n) is 4.95. The molecule has 2 aromatic rings. The number of aromatic nitrogens is 3. The van der Waals surface area contributed by atoms with E-state index in [4.69, 9.17) is 0 Å². The first-order valence-electron chi connectivity index (χ1n) is 6.47. The van der Waals surface area contributed by atoms with Crippen LogP contribution in [0.2, 0.25) is 0 Å². The number of hydrogen-bond acceptors (Lipinski definition) is 6. The molecule has 116 valence electrons. The van der Waals surface area contributed by atoms with E-state index < -0.39 is 4.92 Å². The molecule has 0 spiro atoms. The predicted molar refractivity (Wildman–Crippen MR) is 79.8 cm³/mol. The smallest absolute Gasteiger partial charge is 0.290 e. The Morgan fingerprint density at radius 2 is 2.18 bits per heavy atom. The highest BCUT2D eigenvalue weighted by Crippen LogP contribution is 2.21. The summed E-state index contributed by atoms with van der Waals surface area (Å²) in [6.45, 7) is 1.78. The van der Waals surface area contributed by atoms with Crippen LogP contribution in [-0.4, -0.2) is 44.6 Å². The van der Waals surface area contributed by atoms with Gasteiger partial charge in [0.1, 0.15) is 18.6 Å². The van der Waals surface area contributed by atoms with Crippen molar-refractivity contribution in [3.05, 3.63) is 40.3 Å². The van der Waals surface area contributed by atoms with Gasteiger partial charge < -0.3 is 10.2 Å². The molecule has 0 unspecified atom stereocenters. The minimum Gasteiger partial charge on any atom is -0.347 e. The van der Waals surface area contributed by atoms with Gasteiger partial charge in [0.15, 0.2) is 0 Å². The Kier molecular flexibility index (Phi) is 4.35. The van der Waals surface area contributed by atoms with Crippen LogP contribution in [0.25, 0.3) is 0 Å². The highest BCUT2D eigenvalue weighted by molar-refractivity contribution is 5.75. The second-order valence-corrected chi connectivity index (χ2v) is 4.95. The molecule has 0 aromatic carbocycles. The van der Waals surface area contributed by atoms with E-state index in [1.54, 1.807) is 39.5 Å². The second kappa shape index (κ2) is 6.20. The van der Waals surface area contributed by atoms with Crippen molar-refractivity contribution in [3.63, 3.8) is 0 Å². The lowest BCUT2D eigenvalue weighted by Gasteiger charge is -2.09. The Morgan fingerprint density at radius 1 is 1.45 bits per heavy atom. The normalized spacial score (nSPS) is 10.3. The maximum absolute atomic E-state index is 11.6. The Bertz CT molecular complexity index is 710. The quantitative estimate of drug-likeness (QED) is 0.659. The highest BCUT2D eigenvalue weighted by atomic mass is 16.6. The summed E-state index contributed by atoms with van der Waals surface area (Å²) < 4.78 is 1.50. The molecule has 0 aliphatic heterocycles. The molecule has 22 heavy (non-hydrogen) atoms. The Hall–Kier alpha value is -2.97. The first-order valence-corrected chi connectivity index (χ1v) is 6.47. The first-order chi connectivity index (χ1) is 10.4. The van der Waals surface area contributed by atoms with Gasteiger partial charge in [-0.2, -0.15) is 5.10 Å². The third kappa shape index (κ3) is 3.57. The number of nitro groups is 1. The fourth-order valence-corrected chi connectivity index (χ4v) is 1.75. The number of pyridine rings is 1. The maximum Gasteiger partial charge on any atom is 0.290 e. The monoisotopic (exact) mass is 304 g/mol. The van der Waals surface area contributed by atoms with Gasteiger partial charge in [-0.05, 0) is 13.0 Å². The van der Waals surface area contributed by atoms with Crippen LogP contribution < -0.4 is 5.32 Å². The highest BCUT2D eigenvalue weighted by Gasteiger charge is 2.12. The van der Waals surface area contributed by atoms with Crippen molar-refractivity contribution >= 4 is 23.1 Å². The van der Waals surface area contributed by atoms with Gasteiger partial charge >= 0.3 is 0 Å². The van der Waals surface area contributed by atoms with E-state index in [9.17, 15) is 14.9 Å². The van der Waals surface area contributed by atoms with E-state index in [2.05, 4.69) is 15.4 Å². The van der Waals surface area contributed by atoms with Crippen LogP contribution in [0.4, 0.5) is 17.2 Å². The van der Waals surface area contributed by atoms with Gasteiger partial charge in [0.25, 0.3) is 5.69 Å². The molecule has 0 atom stereocenters. The van der Waals surface area contributed by atoms with E-state index in [1.165, 1.54) is 15.8 Å². The Morgan fingerprint density at radius 3 is 2.77 bits per heavy atom. The van der Waals surface area contributed by atoms with Gasteiger partial charge in [0, 0.05) is 25.9 Å². The van der Waals surface area contributed by atoms with Crippen molar-refractivity contribution in [1.29, 1.82) is 0 Å². The summed E-state index contributed by atoms with van der Waals surface area (Å²) in [5.41, 5.74) is 1.13. The standard InChI is InChI=1S/C13H16N6O3/c1-9-4-12(14-6-11(9)19(21)22)16-10-5-15-18(7-10)8-13(20)17(2)3/h4-7H,8H2,1-3H3,(H,14,16). The van der Waals surface area contributed by atoms with E-state index in [-0.39, 0.29) is 18.1 Å². The molecular formula is C13H16N6O3. The molecule has 0 saturated carbocycles. The number of anilines is 2. The average Bonchev–Trinajstić information content (AvgIpc) is 2.85. The van der Waals surface area contributed by atoms with Crippen LogP contribution in [0.15, 0.2) is 24.7 Å². The number of rotatable bonds is 5. The van der Waals surface area contributed by atoms with E-state index >= 15 is 0 Å². The number of amides is 1. The van der Waals surface area contributed by atoms with E-state index in [0.717, 1.165) is 0 Å². The zero-order valence-electron chi connectivity index (χ0n) is 12.5. The lowest BCUT2D eigenvalue weighted by molar-refractivity contribution is -0.385. The number of hydrogen-bond donors (Lipinski definition) is 1. The molecule has 2 rings (SSSR count).